The molecule has 1 aromatic heterocycles. The maximum absolute atomic E-state index is 6.07. The van der Waals surface area contributed by atoms with Crippen LogP contribution < -0.4 is 10.5 Å². The summed E-state index contributed by atoms with van der Waals surface area (Å²) in [5.41, 5.74) is 8.31. The van der Waals surface area contributed by atoms with Gasteiger partial charge in [0.2, 0.25) is 0 Å². The number of aromatic nitrogens is 1. The van der Waals surface area contributed by atoms with Gasteiger partial charge in [-0.2, -0.15) is 0 Å². The van der Waals surface area contributed by atoms with E-state index in [1.807, 2.05) is 30.3 Å². The first-order valence-electron chi connectivity index (χ1n) is 7.80. The number of pyridine rings is 1. The van der Waals surface area contributed by atoms with Crippen molar-refractivity contribution in [2.45, 2.75) is 26.1 Å². The molecule has 0 saturated carbocycles. The molecule has 0 radical (unpaired) electrons. The summed E-state index contributed by atoms with van der Waals surface area (Å²) in [4.78, 5) is 6.67. The van der Waals surface area contributed by atoms with Crippen LogP contribution in [-0.2, 0) is 13.2 Å². The Morgan fingerprint density at radius 2 is 2.00 bits per heavy atom. The number of benzene rings is 1. The van der Waals surface area contributed by atoms with Crippen molar-refractivity contribution >= 4 is 0 Å². The topological polar surface area (TPSA) is 51.4 Å². The highest BCUT2D eigenvalue weighted by molar-refractivity contribution is 5.27. The molecule has 0 spiro atoms. The van der Waals surface area contributed by atoms with E-state index >= 15 is 0 Å². The fourth-order valence-electron chi connectivity index (χ4n) is 2.81. The van der Waals surface area contributed by atoms with Gasteiger partial charge in [-0.3, -0.25) is 9.88 Å². The summed E-state index contributed by atoms with van der Waals surface area (Å²) < 4.78 is 5.76. The highest BCUT2D eigenvalue weighted by Crippen LogP contribution is 2.19. The van der Waals surface area contributed by atoms with Crippen molar-refractivity contribution in [3.63, 3.8) is 0 Å². The van der Waals surface area contributed by atoms with Crippen LogP contribution in [0.4, 0.5) is 0 Å². The summed E-state index contributed by atoms with van der Waals surface area (Å²) in [6, 6.07) is 14.5. The summed E-state index contributed by atoms with van der Waals surface area (Å²) in [6.45, 7) is 5.74. The Kier molecular flexibility index (Phi) is 4.71. The monoisotopic (exact) mass is 297 g/mol. The molecule has 2 aromatic rings. The fourth-order valence-corrected chi connectivity index (χ4v) is 2.81. The van der Waals surface area contributed by atoms with Gasteiger partial charge in [0.25, 0.3) is 0 Å². The molecule has 2 heterocycles. The van der Waals surface area contributed by atoms with E-state index in [1.165, 1.54) is 5.56 Å². The van der Waals surface area contributed by atoms with E-state index in [0.717, 1.165) is 31.1 Å². The van der Waals surface area contributed by atoms with E-state index in [1.54, 1.807) is 6.20 Å². The quantitative estimate of drug-likeness (QED) is 0.921. The number of hydrogen-bond acceptors (Lipinski definition) is 4. The first-order valence-corrected chi connectivity index (χ1v) is 7.80. The molecule has 0 amide bonds. The van der Waals surface area contributed by atoms with E-state index in [4.69, 9.17) is 10.5 Å². The highest BCUT2D eigenvalue weighted by atomic mass is 16.5. The van der Waals surface area contributed by atoms with Crippen LogP contribution in [-0.4, -0.2) is 29.0 Å². The Balaban J connectivity index is 1.52. The highest BCUT2D eigenvalue weighted by Gasteiger charge is 2.26. The molecule has 1 aliphatic rings. The van der Waals surface area contributed by atoms with Crippen LogP contribution in [0.5, 0.6) is 5.75 Å². The smallest absolute Gasteiger partial charge is 0.130 e. The van der Waals surface area contributed by atoms with E-state index in [-0.39, 0.29) is 0 Å². The third kappa shape index (κ3) is 3.84. The molecule has 2 atom stereocenters. The molecule has 116 valence electrons. The Labute approximate surface area is 131 Å². The third-order valence-corrected chi connectivity index (χ3v) is 4.19. The summed E-state index contributed by atoms with van der Waals surface area (Å²) in [6.07, 6.45) is 1.78. The van der Waals surface area contributed by atoms with E-state index < -0.39 is 0 Å². The van der Waals surface area contributed by atoms with Crippen molar-refractivity contribution < 1.29 is 4.74 Å². The summed E-state index contributed by atoms with van der Waals surface area (Å²) in [7, 11) is 0. The lowest BCUT2D eigenvalue weighted by atomic mass is 10.1. The minimum Gasteiger partial charge on any atom is -0.487 e. The van der Waals surface area contributed by atoms with Crippen molar-refractivity contribution in [2.75, 3.05) is 13.1 Å². The molecule has 1 aromatic carbocycles. The van der Waals surface area contributed by atoms with Gasteiger partial charge in [0, 0.05) is 31.9 Å². The van der Waals surface area contributed by atoms with Crippen LogP contribution in [0.25, 0.3) is 0 Å². The van der Waals surface area contributed by atoms with Gasteiger partial charge in [-0.05, 0) is 35.7 Å². The second kappa shape index (κ2) is 6.90. The Hall–Kier alpha value is -1.91. The van der Waals surface area contributed by atoms with Crippen LogP contribution in [0, 0.1) is 5.92 Å². The maximum atomic E-state index is 6.07. The first-order chi connectivity index (χ1) is 10.7. The molecule has 1 saturated heterocycles. The number of likely N-dealkylation sites (tertiary alicyclic amines) is 1. The zero-order chi connectivity index (χ0) is 15.4. The van der Waals surface area contributed by atoms with Crippen LogP contribution in [0.3, 0.4) is 0 Å². The van der Waals surface area contributed by atoms with Gasteiger partial charge in [-0.15, -0.1) is 0 Å². The number of hydrogen-bond donors (Lipinski definition) is 1. The molecule has 0 bridgehead atoms. The summed E-state index contributed by atoms with van der Waals surface area (Å²) in [5, 5.41) is 0. The molecule has 0 aliphatic carbocycles. The molecular formula is C18H23N3O. The van der Waals surface area contributed by atoms with Crippen molar-refractivity contribution in [1.82, 2.24) is 9.88 Å². The van der Waals surface area contributed by atoms with Gasteiger partial charge in [0.15, 0.2) is 0 Å². The lowest BCUT2D eigenvalue weighted by Crippen LogP contribution is -2.28. The largest absolute Gasteiger partial charge is 0.487 e. The van der Waals surface area contributed by atoms with Gasteiger partial charge in [-0.25, -0.2) is 0 Å². The average Bonchev–Trinajstić information content (AvgIpc) is 2.85. The van der Waals surface area contributed by atoms with Gasteiger partial charge in [0.1, 0.15) is 12.4 Å². The lowest BCUT2D eigenvalue weighted by Gasteiger charge is -2.15. The van der Waals surface area contributed by atoms with Gasteiger partial charge in [0.05, 0.1) is 5.69 Å². The van der Waals surface area contributed by atoms with Crippen LogP contribution in [0.1, 0.15) is 18.2 Å². The normalized spacial score (nSPS) is 21.9. The molecule has 22 heavy (non-hydrogen) atoms. The molecule has 3 rings (SSSR count). The molecule has 4 heteroatoms. The van der Waals surface area contributed by atoms with E-state index in [9.17, 15) is 0 Å². The van der Waals surface area contributed by atoms with E-state index in [2.05, 4.69) is 28.9 Å². The van der Waals surface area contributed by atoms with Gasteiger partial charge < -0.3 is 10.5 Å². The second-order valence-electron chi connectivity index (χ2n) is 6.09. The zero-order valence-electron chi connectivity index (χ0n) is 13.0. The predicted octanol–water partition coefficient (Wildman–Crippen LogP) is 2.44. The minimum absolute atomic E-state index is 0.306. The standard InChI is InChI=1S/C18H23N3O/c1-14-10-21(12-18(14)19)11-15-5-7-17(8-6-15)22-13-16-4-2-3-9-20-16/h2-9,14,18H,10-13,19H2,1H3. The minimum atomic E-state index is 0.306. The van der Waals surface area contributed by atoms with Crippen LogP contribution in [0.15, 0.2) is 48.7 Å². The summed E-state index contributed by atoms with van der Waals surface area (Å²) >= 11 is 0. The third-order valence-electron chi connectivity index (χ3n) is 4.19. The van der Waals surface area contributed by atoms with Crippen molar-refractivity contribution in [1.29, 1.82) is 0 Å². The van der Waals surface area contributed by atoms with Gasteiger partial charge in [-0.1, -0.05) is 25.1 Å². The fraction of sp³-hybridized carbons (Fsp3) is 0.389. The molecule has 2 unspecified atom stereocenters. The SMILES string of the molecule is CC1CN(Cc2ccc(OCc3ccccn3)cc2)CC1N. The van der Waals surface area contributed by atoms with Gasteiger partial charge >= 0.3 is 0 Å². The predicted molar refractivity (Wildman–Crippen MR) is 87.4 cm³/mol. The number of rotatable bonds is 5. The first kappa shape index (κ1) is 15.0. The number of nitrogens with zero attached hydrogens (tertiary/aromatic N) is 2. The second-order valence-corrected chi connectivity index (χ2v) is 6.09. The Morgan fingerprint density at radius 1 is 1.18 bits per heavy atom. The molecule has 1 fully saturated rings. The van der Waals surface area contributed by atoms with Crippen molar-refractivity contribution in [3.05, 3.63) is 59.9 Å². The summed E-state index contributed by atoms with van der Waals surface area (Å²) in [5.74, 6) is 1.46. The lowest BCUT2D eigenvalue weighted by molar-refractivity contribution is 0.300. The maximum Gasteiger partial charge on any atom is 0.130 e. The molecule has 4 nitrogen and oxygen atoms in total. The molecule has 1 aliphatic heterocycles. The average molecular weight is 297 g/mol. The van der Waals surface area contributed by atoms with Crippen LogP contribution in [0.2, 0.25) is 0 Å². The molecule has 2 N–H and O–H groups in total. The number of nitrogens with two attached hydrogens (primary N) is 1. The Bertz CT molecular complexity index is 575. The van der Waals surface area contributed by atoms with Crippen molar-refractivity contribution in [3.8, 4) is 5.75 Å². The number of ether oxygens (including phenoxy) is 1. The van der Waals surface area contributed by atoms with E-state index in [0.29, 0.717) is 18.6 Å². The Morgan fingerprint density at radius 3 is 2.64 bits per heavy atom. The van der Waals surface area contributed by atoms with Crippen LogP contribution >= 0.6 is 0 Å². The molecular weight excluding hydrogens is 274 g/mol. The zero-order valence-corrected chi connectivity index (χ0v) is 13.0. The van der Waals surface area contributed by atoms with Crippen molar-refractivity contribution in [2.24, 2.45) is 11.7 Å².